The van der Waals surface area contributed by atoms with Crippen LogP contribution >= 0.6 is 0 Å². The lowest BCUT2D eigenvalue weighted by atomic mass is 9.92. The highest BCUT2D eigenvalue weighted by Crippen LogP contribution is 2.18. The maximum absolute atomic E-state index is 12.1. The summed E-state index contributed by atoms with van der Waals surface area (Å²) in [6.07, 6.45) is 11.2. The van der Waals surface area contributed by atoms with Crippen LogP contribution in [0.1, 0.15) is 66.2 Å². The summed E-state index contributed by atoms with van der Waals surface area (Å²) in [6, 6.07) is -0.00361. The molecule has 1 heterocycles. The third-order valence-electron chi connectivity index (χ3n) is 4.20. The zero-order valence-corrected chi connectivity index (χ0v) is 14.9. The van der Waals surface area contributed by atoms with Gasteiger partial charge in [0.1, 0.15) is 6.10 Å². The number of hydrogen-bond acceptors (Lipinski definition) is 3. The second-order valence-electron chi connectivity index (χ2n) is 6.39. The first kappa shape index (κ1) is 19.5. The summed E-state index contributed by atoms with van der Waals surface area (Å²) in [5.41, 5.74) is 1.18. The fourth-order valence-corrected chi connectivity index (χ4v) is 2.98. The molecule has 0 aromatic heterocycles. The molecule has 0 aromatic carbocycles. The quantitative estimate of drug-likeness (QED) is 0.633. The van der Waals surface area contributed by atoms with Crippen LogP contribution in [0, 0.1) is 5.92 Å². The van der Waals surface area contributed by atoms with Gasteiger partial charge in [-0.15, -0.1) is 0 Å². The van der Waals surface area contributed by atoms with E-state index in [1.807, 2.05) is 6.08 Å². The van der Waals surface area contributed by atoms with E-state index >= 15 is 0 Å². The fourth-order valence-electron chi connectivity index (χ4n) is 2.98. The molecule has 1 N–H and O–H groups in total. The largest absolute Gasteiger partial charge is 0.458 e. The van der Waals surface area contributed by atoms with Crippen molar-refractivity contribution in [3.8, 4) is 0 Å². The molecule has 0 saturated carbocycles. The van der Waals surface area contributed by atoms with E-state index in [0.29, 0.717) is 6.42 Å². The number of allylic oxidation sites excluding steroid dienone is 1. The average molecular weight is 321 g/mol. The molecule has 4 heteroatoms. The standard InChI is InChI=1S/C19H31NO3/c1-5-9-14(2)19-15(3)12-13-17(23-16(4)21)10-7-6-8-11-18(22)20-19/h9,12-13,15,17,19H,5-8,10-11H2,1-4H3,(H,20,22)/b13-12+,14-9+/t15-,17?,19+/m0/s1. The van der Waals surface area contributed by atoms with Crippen molar-refractivity contribution >= 4 is 11.9 Å². The summed E-state index contributed by atoms with van der Waals surface area (Å²) in [4.78, 5) is 23.4. The molecule has 0 radical (unpaired) electrons. The van der Waals surface area contributed by atoms with Crippen LogP contribution in [0.2, 0.25) is 0 Å². The monoisotopic (exact) mass is 321 g/mol. The Kier molecular flexibility index (Phi) is 8.67. The molecule has 0 aromatic rings. The van der Waals surface area contributed by atoms with E-state index in [1.165, 1.54) is 12.5 Å². The molecular weight excluding hydrogens is 290 g/mol. The van der Waals surface area contributed by atoms with Crippen LogP contribution in [0.5, 0.6) is 0 Å². The van der Waals surface area contributed by atoms with Crippen LogP contribution in [0.3, 0.4) is 0 Å². The number of carbonyl (C=O) groups is 2. The molecule has 23 heavy (non-hydrogen) atoms. The minimum Gasteiger partial charge on any atom is -0.458 e. The summed E-state index contributed by atoms with van der Waals surface area (Å²) < 4.78 is 5.38. The van der Waals surface area contributed by atoms with Crippen molar-refractivity contribution in [1.29, 1.82) is 0 Å². The van der Waals surface area contributed by atoms with Gasteiger partial charge in [-0.05, 0) is 44.6 Å². The SMILES string of the molecule is CC/C=C(\C)[C@H]1NC(=O)CCCCCC(OC(C)=O)/C=C/[C@@H]1C. The smallest absolute Gasteiger partial charge is 0.303 e. The molecule has 0 saturated heterocycles. The minimum atomic E-state index is -0.244. The fraction of sp³-hybridized carbons (Fsp3) is 0.684. The number of hydrogen-bond donors (Lipinski definition) is 1. The second kappa shape index (κ2) is 10.2. The van der Waals surface area contributed by atoms with Gasteiger partial charge in [0, 0.05) is 13.3 Å². The molecule has 1 amide bonds. The third kappa shape index (κ3) is 7.49. The highest BCUT2D eigenvalue weighted by Gasteiger charge is 2.20. The Balaban J connectivity index is 2.94. The summed E-state index contributed by atoms with van der Waals surface area (Å²) in [7, 11) is 0. The Morgan fingerprint density at radius 1 is 1.30 bits per heavy atom. The molecule has 4 nitrogen and oxygen atoms in total. The van der Waals surface area contributed by atoms with Crippen LogP contribution in [-0.4, -0.2) is 24.0 Å². The van der Waals surface area contributed by atoms with Gasteiger partial charge in [-0.25, -0.2) is 0 Å². The molecule has 1 aliphatic heterocycles. The van der Waals surface area contributed by atoms with Crippen LogP contribution in [0.25, 0.3) is 0 Å². The minimum absolute atomic E-state index is 0.00361. The molecule has 130 valence electrons. The third-order valence-corrected chi connectivity index (χ3v) is 4.20. The van der Waals surface area contributed by atoms with Crippen LogP contribution in [-0.2, 0) is 14.3 Å². The summed E-state index contributed by atoms with van der Waals surface area (Å²) in [5.74, 6) is 0.0294. The molecule has 0 fully saturated rings. The molecule has 1 aliphatic rings. The Morgan fingerprint density at radius 3 is 2.70 bits per heavy atom. The van der Waals surface area contributed by atoms with Gasteiger partial charge in [-0.3, -0.25) is 9.59 Å². The summed E-state index contributed by atoms with van der Waals surface area (Å²) in [6.45, 7) is 7.70. The first-order chi connectivity index (χ1) is 10.9. The van der Waals surface area contributed by atoms with Crippen molar-refractivity contribution < 1.29 is 14.3 Å². The van der Waals surface area contributed by atoms with Gasteiger partial charge in [0.25, 0.3) is 0 Å². The van der Waals surface area contributed by atoms with Gasteiger partial charge in [-0.1, -0.05) is 38.0 Å². The van der Waals surface area contributed by atoms with Crippen LogP contribution in [0.4, 0.5) is 0 Å². The topological polar surface area (TPSA) is 55.4 Å². The van der Waals surface area contributed by atoms with Gasteiger partial charge in [0.2, 0.25) is 5.91 Å². The van der Waals surface area contributed by atoms with E-state index in [-0.39, 0.29) is 29.9 Å². The summed E-state index contributed by atoms with van der Waals surface area (Å²) in [5, 5.41) is 3.16. The predicted octanol–water partition coefficient (Wildman–Crippen LogP) is 3.92. The lowest BCUT2D eigenvalue weighted by Crippen LogP contribution is -2.40. The van der Waals surface area contributed by atoms with Crippen LogP contribution < -0.4 is 5.32 Å². The van der Waals surface area contributed by atoms with Crippen molar-refractivity contribution in [2.75, 3.05) is 0 Å². The van der Waals surface area contributed by atoms with Crippen molar-refractivity contribution in [3.63, 3.8) is 0 Å². The average Bonchev–Trinajstić information content (AvgIpc) is 2.47. The number of rotatable bonds is 3. The van der Waals surface area contributed by atoms with Gasteiger partial charge in [0.15, 0.2) is 0 Å². The van der Waals surface area contributed by atoms with E-state index in [0.717, 1.165) is 32.1 Å². The lowest BCUT2D eigenvalue weighted by Gasteiger charge is -2.25. The van der Waals surface area contributed by atoms with E-state index in [9.17, 15) is 9.59 Å². The summed E-state index contributed by atoms with van der Waals surface area (Å²) >= 11 is 0. The molecule has 3 atom stereocenters. The number of ether oxygens (including phenoxy) is 1. The normalized spacial score (nSPS) is 29.0. The first-order valence-electron chi connectivity index (χ1n) is 8.75. The Hall–Kier alpha value is -1.58. The zero-order chi connectivity index (χ0) is 17.2. The highest BCUT2D eigenvalue weighted by molar-refractivity contribution is 5.76. The van der Waals surface area contributed by atoms with Gasteiger partial charge in [0.05, 0.1) is 6.04 Å². The Bertz CT molecular complexity index is 454. The number of amides is 1. The molecule has 0 bridgehead atoms. The van der Waals surface area contributed by atoms with Gasteiger partial charge >= 0.3 is 5.97 Å². The maximum Gasteiger partial charge on any atom is 0.303 e. The Morgan fingerprint density at radius 2 is 2.04 bits per heavy atom. The first-order valence-corrected chi connectivity index (χ1v) is 8.75. The number of esters is 1. The molecule has 0 aliphatic carbocycles. The number of nitrogens with one attached hydrogen (secondary N) is 1. The van der Waals surface area contributed by atoms with Gasteiger partial charge < -0.3 is 10.1 Å². The predicted molar refractivity (Wildman–Crippen MR) is 92.9 cm³/mol. The molecular formula is C19H31NO3. The highest BCUT2D eigenvalue weighted by atomic mass is 16.5. The second-order valence-corrected chi connectivity index (χ2v) is 6.39. The van der Waals surface area contributed by atoms with Crippen molar-refractivity contribution in [2.45, 2.75) is 78.4 Å². The lowest BCUT2D eigenvalue weighted by molar-refractivity contribution is -0.144. The van der Waals surface area contributed by atoms with Crippen molar-refractivity contribution in [3.05, 3.63) is 23.8 Å². The van der Waals surface area contributed by atoms with E-state index in [4.69, 9.17) is 4.74 Å². The molecule has 1 rings (SSSR count). The Labute approximate surface area is 140 Å². The van der Waals surface area contributed by atoms with E-state index in [2.05, 4.69) is 38.2 Å². The van der Waals surface area contributed by atoms with Crippen molar-refractivity contribution in [2.24, 2.45) is 5.92 Å². The van der Waals surface area contributed by atoms with E-state index < -0.39 is 0 Å². The van der Waals surface area contributed by atoms with Crippen molar-refractivity contribution in [1.82, 2.24) is 5.32 Å². The maximum atomic E-state index is 12.1. The number of carbonyl (C=O) groups excluding carboxylic acids is 2. The van der Waals surface area contributed by atoms with Crippen LogP contribution in [0.15, 0.2) is 23.8 Å². The molecule has 1 unspecified atom stereocenters. The van der Waals surface area contributed by atoms with Gasteiger partial charge in [-0.2, -0.15) is 0 Å². The molecule has 0 spiro atoms. The van der Waals surface area contributed by atoms with E-state index in [1.54, 1.807) is 0 Å². The zero-order valence-electron chi connectivity index (χ0n) is 14.9.